The largest absolute Gasteiger partial charge is 0.310 e. The first-order valence-electron chi connectivity index (χ1n) is 46.3. The molecule has 0 atom stereocenters. The summed E-state index contributed by atoms with van der Waals surface area (Å²) >= 11 is 0. The Kier molecular flexibility index (Phi) is 17.5. The molecular weight excluding hydrogens is 1580 g/mol. The number of anilines is 6. The minimum absolute atomic E-state index is 0.245. The molecule has 2 aliphatic heterocycles. The fourth-order valence-electron chi connectivity index (χ4n) is 22.3. The van der Waals surface area contributed by atoms with E-state index in [2.05, 4.69) is 494 Å². The van der Waals surface area contributed by atoms with Crippen LogP contribution in [0.15, 0.2) is 413 Å². The van der Waals surface area contributed by atoms with Crippen molar-refractivity contribution in [2.45, 2.75) is 78.6 Å². The normalized spacial score (nSPS) is 12.9. The average Bonchev–Trinajstić information content (AvgIpc) is 1.53. The van der Waals surface area contributed by atoms with Crippen LogP contribution in [-0.4, -0.2) is 15.8 Å². The Morgan fingerprint density at radius 2 is 0.504 bits per heavy atom. The molecule has 0 fully saturated rings. The van der Waals surface area contributed by atoms with Gasteiger partial charge in [0.25, 0.3) is 6.71 Å². The van der Waals surface area contributed by atoms with E-state index in [9.17, 15) is 0 Å². The summed E-state index contributed by atoms with van der Waals surface area (Å²) in [5, 5.41) is 19.6. The van der Waals surface area contributed by atoms with Crippen LogP contribution in [0.3, 0.4) is 0 Å². The van der Waals surface area contributed by atoms with Crippen LogP contribution in [0.25, 0.3) is 186 Å². The molecule has 25 rings (SSSR count). The highest BCUT2D eigenvalue weighted by molar-refractivity contribution is 7.00. The third-order valence-electron chi connectivity index (χ3n) is 28.6. The molecule has 622 valence electrons. The summed E-state index contributed by atoms with van der Waals surface area (Å²) in [5.41, 5.74) is 33.9. The minimum atomic E-state index is -0.404. The lowest BCUT2D eigenvalue weighted by Crippen LogP contribution is -2.61. The fourth-order valence-corrected chi connectivity index (χ4v) is 22.3. The van der Waals surface area contributed by atoms with Gasteiger partial charge in [-0.2, -0.15) is 0 Å². The minimum Gasteiger partial charge on any atom is -0.310 e. The van der Waals surface area contributed by atoms with Gasteiger partial charge in [0.15, 0.2) is 0 Å². The van der Waals surface area contributed by atoms with Gasteiger partial charge in [-0.1, -0.05) is 390 Å². The van der Waals surface area contributed by atoms with E-state index in [1.807, 2.05) is 0 Å². The lowest BCUT2D eigenvalue weighted by Gasteiger charge is -2.47. The first kappa shape index (κ1) is 77.8. The van der Waals surface area contributed by atoms with Crippen LogP contribution < -0.4 is 26.2 Å². The second-order valence-corrected chi connectivity index (χ2v) is 39.4. The van der Waals surface area contributed by atoms with Crippen molar-refractivity contribution in [1.29, 1.82) is 0 Å². The molecule has 0 spiro atoms. The number of nitrogens with zero attached hydrogens (tertiary/aromatic N) is 4. The van der Waals surface area contributed by atoms with Gasteiger partial charge in [0.05, 0.1) is 33.4 Å². The predicted molar refractivity (Wildman–Crippen MR) is 563 cm³/mol. The Hall–Kier alpha value is -15.6. The number of hydrogen-bond donors (Lipinski definition) is 0. The maximum absolute atomic E-state index is 2.77. The van der Waals surface area contributed by atoms with Crippen molar-refractivity contribution in [1.82, 2.24) is 9.13 Å². The standard InChI is InChI=1S/C126H95BN4/c1-124(2,3)86-70-103(80-36-14-10-15-37-80)120(104(71-86)81-38-16-11-17-39-81)130-113-76-89(128-111-66-60-84(93-58-34-46-78-44-22-24-48-91(78)93)68-107(111)117-99-54-30-26-50-95(99)97-52-28-32-56-101(97)122(117)128)62-64-109(113)127-110-65-63-90(129-112-67-61-85(94-59-35-47-79-45-23-25-49-92(79)94)69-108(112)118-100-55-31-27-51-96(100)98-53-29-33-57-102(98)123(118)129)77-114(110)131(116-75-88(126(7,8)9)74-115(130)119(116)127)121-105(82-40-18-12-19-41-82)72-87(125(4,5)6)73-106(121)83-42-20-13-21-43-83/h10-77H,1-9H3. The van der Waals surface area contributed by atoms with Gasteiger partial charge in [-0.3, -0.25) is 0 Å². The Balaban J connectivity index is 0.853. The van der Waals surface area contributed by atoms with Crippen LogP contribution in [0.5, 0.6) is 0 Å². The highest BCUT2D eigenvalue weighted by Gasteiger charge is 2.47. The van der Waals surface area contributed by atoms with Gasteiger partial charge in [0, 0.05) is 88.7 Å². The number of hydrogen-bond acceptors (Lipinski definition) is 2. The van der Waals surface area contributed by atoms with Gasteiger partial charge in [0.2, 0.25) is 0 Å². The topological polar surface area (TPSA) is 16.3 Å². The van der Waals surface area contributed by atoms with E-state index < -0.39 is 5.41 Å². The Morgan fingerprint density at radius 3 is 0.855 bits per heavy atom. The molecule has 0 unspecified atom stereocenters. The molecular formula is C126H95BN4. The molecule has 5 heteroatoms. The van der Waals surface area contributed by atoms with E-state index >= 15 is 0 Å². The summed E-state index contributed by atoms with van der Waals surface area (Å²) in [4.78, 5) is 5.55. The molecule has 21 aromatic carbocycles. The smallest absolute Gasteiger partial charge is 0.252 e. The summed E-state index contributed by atoms with van der Waals surface area (Å²) in [7, 11) is 0. The molecule has 2 aliphatic rings. The first-order valence-corrected chi connectivity index (χ1v) is 46.3. The molecule has 4 nitrogen and oxygen atoms in total. The fraction of sp³-hybridized carbons (Fsp3) is 0.0952. The van der Waals surface area contributed by atoms with Gasteiger partial charge in [-0.25, -0.2) is 0 Å². The van der Waals surface area contributed by atoms with Crippen LogP contribution in [0.2, 0.25) is 0 Å². The highest BCUT2D eigenvalue weighted by Crippen LogP contribution is 2.58. The molecule has 0 radical (unpaired) electrons. The molecule has 0 saturated carbocycles. The van der Waals surface area contributed by atoms with Crippen LogP contribution in [0.1, 0.15) is 79.0 Å². The molecule has 2 aromatic heterocycles. The number of aromatic nitrogens is 2. The van der Waals surface area contributed by atoms with Gasteiger partial charge in [-0.15, -0.1) is 0 Å². The summed E-state index contributed by atoms with van der Waals surface area (Å²) in [6, 6.07) is 158. The van der Waals surface area contributed by atoms with Crippen molar-refractivity contribution in [2.24, 2.45) is 0 Å². The van der Waals surface area contributed by atoms with Gasteiger partial charge < -0.3 is 18.9 Å². The lowest BCUT2D eigenvalue weighted by molar-refractivity contribution is 0.590. The van der Waals surface area contributed by atoms with Crippen molar-refractivity contribution in [3.05, 3.63) is 429 Å². The van der Waals surface area contributed by atoms with Crippen molar-refractivity contribution < 1.29 is 0 Å². The summed E-state index contributed by atoms with van der Waals surface area (Å²) in [5.74, 6) is 0. The van der Waals surface area contributed by atoms with Crippen LogP contribution in [-0.2, 0) is 16.2 Å². The summed E-state index contributed by atoms with van der Waals surface area (Å²) < 4.78 is 5.28. The van der Waals surface area contributed by atoms with E-state index in [0.29, 0.717) is 0 Å². The molecule has 23 aromatic rings. The third-order valence-corrected chi connectivity index (χ3v) is 28.6. The molecule has 0 N–H and O–H groups in total. The van der Waals surface area contributed by atoms with Gasteiger partial charge >= 0.3 is 0 Å². The average molecular weight is 1680 g/mol. The lowest BCUT2D eigenvalue weighted by atomic mass is 9.33. The van der Waals surface area contributed by atoms with Gasteiger partial charge in [0.1, 0.15) is 0 Å². The zero-order valence-corrected chi connectivity index (χ0v) is 75.1. The molecule has 0 saturated heterocycles. The number of benzene rings is 21. The summed E-state index contributed by atoms with van der Waals surface area (Å²) in [6.45, 7) is 21.2. The van der Waals surface area contributed by atoms with E-state index in [-0.39, 0.29) is 17.5 Å². The summed E-state index contributed by atoms with van der Waals surface area (Å²) in [6.07, 6.45) is 0. The van der Waals surface area contributed by atoms with E-state index in [1.54, 1.807) is 0 Å². The van der Waals surface area contributed by atoms with E-state index in [1.165, 1.54) is 153 Å². The van der Waals surface area contributed by atoms with Crippen LogP contribution >= 0.6 is 0 Å². The quantitative estimate of drug-likeness (QED) is 0.100. The van der Waals surface area contributed by atoms with Crippen LogP contribution in [0, 0.1) is 0 Å². The Labute approximate surface area is 764 Å². The predicted octanol–water partition coefficient (Wildman–Crippen LogP) is 32.8. The second-order valence-electron chi connectivity index (χ2n) is 39.4. The molecule has 0 aliphatic carbocycles. The monoisotopic (exact) mass is 1670 g/mol. The SMILES string of the molecule is CC(C)(C)c1cc(-c2ccccc2)c(N2c3cc(-n4c5ccc(-c6cccc7ccccc67)cc5c5c6ccccc6c6ccccc6c54)ccc3B3c4ccc(-n5c6ccc(-c7cccc8ccccc78)cc6c6c7ccccc7c7ccccc7c65)cc4N(c4c(-c5ccccc5)cc(C(C)(C)C)cc4-c4ccccc4)c4cc(C(C)(C)C)cc2c43)c(-c2ccccc2)c1. The maximum atomic E-state index is 2.77. The van der Waals surface area contributed by atoms with Crippen molar-refractivity contribution in [2.75, 3.05) is 9.80 Å². The van der Waals surface area contributed by atoms with Crippen molar-refractivity contribution in [3.63, 3.8) is 0 Å². The molecule has 0 bridgehead atoms. The molecule has 4 heterocycles. The molecule has 131 heavy (non-hydrogen) atoms. The van der Waals surface area contributed by atoms with Gasteiger partial charge in [-0.05, 0) is 233 Å². The highest BCUT2D eigenvalue weighted by atomic mass is 15.2. The van der Waals surface area contributed by atoms with Crippen LogP contribution in [0.4, 0.5) is 34.1 Å². The number of fused-ring (bicyclic) bond motifs is 22. The maximum Gasteiger partial charge on any atom is 0.252 e. The Bertz CT molecular complexity index is 8080. The second kappa shape index (κ2) is 29.5. The zero-order chi connectivity index (χ0) is 88.0. The first-order chi connectivity index (χ1) is 63.9. The van der Waals surface area contributed by atoms with E-state index in [0.717, 1.165) is 101 Å². The van der Waals surface area contributed by atoms with Crippen molar-refractivity contribution >= 4 is 165 Å². The molecule has 0 amide bonds. The van der Waals surface area contributed by atoms with Crippen molar-refractivity contribution in [3.8, 4) is 78.1 Å². The van der Waals surface area contributed by atoms with E-state index in [4.69, 9.17) is 0 Å². The third kappa shape index (κ3) is 12.2. The zero-order valence-electron chi connectivity index (χ0n) is 75.1. The Morgan fingerprint density at radius 1 is 0.206 bits per heavy atom. The number of rotatable bonds is 10.